The minimum atomic E-state index is -0.634. The quantitative estimate of drug-likeness (QED) is 0.597. The van der Waals surface area contributed by atoms with E-state index in [1.54, 1.807) is 24.1 Å². The van der Waals surface area contributed by atoms with Crippen LogP contribution in [-0.4, -0.2) is 43.9 Å². The number of nitrogens with zero attached hydrogens (tertiary/aromatic N) is 5. The molecule has 2 N–H and O–H groups in total. The molecule has 0 radical (unpaired) electrons. The highest BCUT2D eigenvalue weighted by Crippen LogP contribution is 2.32. The second kappa shape index (κ2) is 7.90. The second-order valence-corrected chi connectivity index (χ2v) is 7.09. The molecule has 154 valence electrons. The van der Waals surface area contributed by atoms with Gasteiger partial charge in [-0.05, 0) is 31.4 Å². The van der Waals surface area contributed by atoms with Crippen LogP contribution in [0.5, 0.6) is 0 Å². The predicted molar refractivity (Wildman–Crippen MR) is 109 cm³/mol. The summed E-state index contributed by atoms with van der Waals surface area (Å²) in [5.41, 5.74) is 2.86. The number of esters is 1. The average Bonchev–Trinajstić information content (AvgIpc) is 3.50. The number of methoxy groups -OCH3 is 1. The van der Waals surface area contributed by atoms with Crippen molar-refractivity contribution in [1.29, 1.82) is 0 Å². The van der Waals surface area contributed by atoms with Gasteiger partial charge in [0.25, 0.3) is 0 Å². The van der Waals surface area contributed by atoms with Crippen LogP contribution in [-0.2, 0) is 16.6 Å². The molecule has 1 aliphatic carbocycles. The van der Waals surface area contributed by atoms with Gasteiger partial charge in [-0.25, -0.2) is 9.78 Å². The second-order valence-electron chi connectivity index (χ2n) is 7.09. The molecule has 10 nitrogen and oxygen atoms in total. The molecule has 1 aromatic carbocycles. The third-order valence-electron chi connectivity index (χ3n) is 4.82. The summed E-state index contributed by atoms with van der Waals surface area (Å²) >= 11 is 0. The zero-order valence-electron chi connectivity index (χ0n) is 16.8. The predicted octanol–water partition coefficient (Wildman–Crippen LogP) is 2.46. The first-order valence-corrected chi connectivity index (χ1v) is 9.46. The van der Waals surface area contributed by atoms with E-state index in [0.717, 1.165) is 29.7 Å². The maximum atomic E-state index is 12.2. The van der Waals surface area contributed by atoms with Crippen LogP contribution in [0, 0.1) is 12.8 Å². The van der Waals surface area contributed by atoms with Crippen molar-refractivity contribution in [2.24, 2.45) is 13.0 Å². The number of nitrogens with one attached hydrogen (secondary N) is 2. The summed E-state index contributed by atoms with van der Waals surface area (Å²) < 4.78 is 6.45. The minimum absolute atomic E-state index is 0.0164. The van der Waals surface area contributed by atoms with E-state index in [4.69, 9.17) is 4.74 Å². The number of anilines is 3. The lowest BCUT2D eigenvalue weighted by Crippen LogP contribution is -2.17. The normalized spacial score (nSPS) is 13.0. The molecular formula is C20H21N7O3. The van der Waals surface area contributed by atoms with Crippen LogP contribution in [0.4, 0.5) is 17.2 Å². The van der Waals surface area contributed by atoms with E-state index in [0.29, 0.717) is 11.5 Å². The highest BCUT2D eigenvalue weighted by Gasteiger charge is 2.30. The van der Waals surface area contributed by atoms with Crippen LogP contribution in [0.2, 0.25) is 0 Å². The summed E-state index contributed by atoms with van der Waals surface area (Å²) in [6.45, 7) is 1.93. The zero-order chi connectivity index (χ0) is 21.3. The lowest BCUT2D eigenvalue weighted by molar-refractivity contribution is -0.117. The average molecular weight is 407 g/mol. The number of aromatic nitrogens is 5. The Morgan fingerprint density at radius 3 is 2.67 bits per heavy atom. The monoisotopic (exact) mass is 407 g/mol. The number of rotatable bonds is 6. The van der Waals surface area contributed by atoms with Gasteiger partial charge in [0.1, 0.15) is 6.33 Å². The SMILES string of the molecule is COC(=O)c1nnc(NC(=O)C2CC2)cc1Nc1cccc(-c2ncn(C)n2)c1C. The van der Waals surface area contributed by atoms with Gasteiger partial charge >= 0.3 is 5.97 Å². The first-order valence-electron chi connectivity index (χ1n) is 9.46. The van der Waals surface area contributed by atoms with Crippen molar-refractivity contribution in [2.75, 3.05) is 17.7 Å². The summed E-state index contributed by atoms with van der Waals surface area (Å²) in [4.78, 5) is 28.6. The Morgan fingerprint density at radius 1 is 1.20 bits per heavy atom. The molecule has 1 saturated carbocycles. The van der Waals surface area contributed by atoms with Gasteiger partial charge in [-0.15, -0.1) is 10.2 Å². The van der Waals surface area contributed by atoms with Gasteiger partial charge in [0.2, 0.25) is 5.91 Å². The summed E-state index contributed by atoms with van der Waals surface area (Å²) in [6, 6.07) is 7.22. The highest BCUT2D eigenvalue weighted by molar-refractivity contribution is 5.97. The summed E-state index contributed by atoms with van der Waals surface area (Å²) in [6.07, 6.45) is 3.38. The maximum absolute atomic E-state index is 12.2. The van der Waals surface area contributed by atoms with Gasteiger partial charge in [-0.1, -0.05) is 12.1 Å². The van der Waals surface area contributed by atoms with E-state index in [2.05, 4.69) is 30.9 Å². The third-order valence-corrected chi connectivity index (χ3v) is 4.82. The molecule has 2 heterocycles. The standard InChI is InChI=1S/C20H21N7O3/c1-11-13(18-21-10-27(2)26-18)5-4-6-14(11)22-15-9-16(23-19(28)12-7-8-12)24-25-17(15)20(29)30-3/h4-6,9-10,12H,7-8H2,1-3H3,(H2,22,23,24,28). The minimum Gasteiger partial charge on any atom is -0.464 e. The van der Waals surface area contributed by atoms with Crippen LogP contribution >= 0.6 is 0 Å². The smallest absolute Gasteiger partial charge is 0.360 e. The van der Waals surface area contributed by atoms with Crippen molar-refractivity contribution in [3.8, 4) is 11.4 Å². The largest absolute Gasteiger partial charge is 0.464 e. The summed E-state index contributed by atoms with van der Waals surface area (Å²) in [7, 11) is 3.08. The lowest BCUT2D eigenvalue weighted by Gasteiger charge is -2.14. The molecule has 0 unspecified atom stereocenters. The molecule has 3 aromatic rings. The molecule has 30 heavy (non-hydrogen) atoms. The van der Waals surface area contributed by atoms with Gasteiger partial charge in [0, 0.05) is 30.3 Å². The van der Waals surface area contributed by atoms with Crippen LogP contribution in [0.25, 0.3) is 11.4 Å². The van der Waals surface area contributed by atoms with Crippen molar-refractivity contribution < 1.29 is 14.3 Å². The number of hydrogen-bond donors (Lipinski definition) is 2. The van der Waals surface area contributed by atoms with Crippen LogP contribution < -0.4 is 10.6 Å². The number of aryl methyl sites for hydroxylation is 1. The number of benzene rings is 1. The van der Waals surface area contributed by atoms with E-state index >= 15 is 0 Å². The Labute approximate surface area is 172 Å². The van der Waals surface area contributed by atoms with Crippen LogP contribution in [0.1, 0.15) is 28.9 Å². The molecule has 2 aromatic heterocycles. The van der Waals surface area contributed by atoms with E-state index in [-0.39, 0.29) is 23.3 Å². The van der Waals surface area contributed by atoms with Gasteiger partial charge < -0.3 is 15.4 Å². The van der Waals surface area contributed by atoms with Crippen LogP contribution in [0.15, 0.2) is 30.6 Å². The molecule has 0 saturated heterocycles. The number of amides is 1. The van der Waals surface area contributed by atoms with Gasteiger partial charge in [-0.2, -0.15) is 5.10 Å². The summed E-state index contributed by atoms with van der Waals surface area (Å²) in [5.74, 6) is 0.151. The fourth-order valence-electron chi connectivity index (χ4n) is 2.99. The van der Waals surface area contributed by atoms with Gasteiger partial charge in [0.05, 0.1) is 12.8 Å². The number of hydrogen-bond acceptors (Lipinski definition) is 8. The molecule has 4 rings (SSSR count). The van der Waals surface area contributed by atoms with Crippen molar-refractivity contribution in [3.63, 3.8) is 0 Å². The van der Waals surface area contributed by atoms with E-state index in [1.807, 2.05) is 25.1 Å². The third kappa shape index (κ3) is 3.97. The Hall–Kier alpha value is -3.82. The van der Waals surface area contributed by atoms with Crippen molar-refractivity contribution in [3.05, 3.63) is 41.9 Å². The first kappa shape index (κ1) is 19.5. The highest BCUT2D eigenvalue weighted by atomic mass is 16.5. The Morgan fingerprint density at radius 2 is 2.00 bits per heavy atom. The Balaban J connectivity index is 1.68. The molecule has 0 bridgehead atoms. The maximum Gasteiger partial charge on any atom is 0.360 e. The molecule has 1 aliphatic rings. The van der Waals surface area contributed by atoms with E-state index < -0.39 is 5.97 Å². The van der Waals surface area contributed by atoms with Gasteiger partial charge in [0.15, 0.2) is 17.3 Å². The van der Waals surface area contributed by atoms with E-state index in [1.165, 1.54) is 7.11 Å². The molecule has 10 heteroatoms. The molecular weight excluding hydrogens is 386 g/mol. The van der Waals surface area contributed by atoms with Crippen LogP contribution in [0.3, 0.4) is 0 Å². The fourth-order valence-corrected chi connectivity index (χ4v) is 2.99. The topological polar surface area (TPSA) is 124 Å². The molecule has 0 spiro atoms. The van der Waals surface area contributed by atoms with Gasteiger partial charge in [-0.3, -0.25) is 9.48 Å². The summed E-state index contributed by atoms with van der Waals surface area (Å²) in [5, 5.41) is 18.2. The zero-order valence-corrected chi connectivity index (χ0v) is 16.8. The number of ether oxygens (including phenoxy) is 1. The molecule has 0 atom stereocenters. The number of carbonyl (C=O) groups excluding carboxylic acids is 2. The lowest BCUT2D eigenvalue weighted by atomic mass is 10.1. The number of carbonyl (C=O) groups is 2. The fraction of sp³-hybridized carbons (Fsp3) is 0.300. The molecule has 1 fully saturated rings. The molecule has 1 amide bonds. The Bertz CT molecular complexity index is 1120. The first-order chi connectivity index (χ1) is 14.5. The molecule has 0 aliphatic heterocycles. The van der Waals surface area contributed by atoms with Crippen molar-refractivity contribution >= 4 is 29.1 Å². The van der Waals surface area contributed by atoms with E-state index in [9.17, 15) is 9.59 Å². The van der Waals surface area contributed by atoms with Crippen molar-refractivity contribution in [1.82, 2.24) is 25.0 Å². The van der Waals surface area contributed by atoms with Crippen molar-refractivity contribution in [2.45, 2.75) is 19.8 Å². The Kier molecular flexibility index (Phi) is 5.13.